The van der Waals surface area contributed by atoms with Crippen LogP contribution in [0.25, 0.3) is 22.2 Å². The van der Waals surface area contributed by atoms with Crippen LogP contribution < -0.4 is 9.86 Å². The van der Waals surface area contributed by atoms with Gasteiger partial charge in [0.15, 0.2) is 0 Å². The number of hydrogen-bond acceptors (Lipinski definition) is 5. The van der Waals surface area contributed by atoms with Gasteiger partial charge < -0.3 is 4.98 Å². The van der Waals surface area contributed by atoms with Crippen molar-refractivity contribution in [3.05, 3.63) is 78.1 Å². The van der Waals surface area contributed by atoms with E-state index in [1.165, 1.54) is 6.07 Å². The summed E-state index contributed by atoms with van der Waals surface area (Å²) in [4.78, 5) is 8.00. The molecule has 0 saturated carbocycles. The van der Waals surface area contributed by atoms with Gasteiger partial charge in [0.05, 0.1) is 22.2 Å². The first-order valence-corrected chi connectivity index (χ1v) is 13.2. The van der Waals surface area contributed by atoms with E-state index in [1.807, 2.05) is 30.3 Å². The molecule has 0 amide bonds. The van der Waals surface area contributed by atoms with Crippen molar-refractivity contribution >= 4 is 36.8 Å². The Bertz CT molecular complexity index is 1490. The van der Waals surface area contributed by atoms with Gasteiger partial charge in [-0.2, -0.15) is 0 Å². The molecule has 4 N–H and O–H groups in total. The number of primary sulfonamides is 1. The summed E-state index contributed by atoms with van der Waals surface area (Å²) in [5, 5.41) is 5.36. The van der Waals surface area contributed by atoms with E-state index in [0.717, 1.165) is 35.1 Å². The second kappa shape index (κ2) is 8.38. The van der Waals surface area contributed by atoms with Crippen molar-refractivity contribution in [2.24, 2.45) is 5.14 Å². The van der Waals surface area contributed by atoms with E-state index < -0.39 is 20.0 Å². The Balaban J connectivity index is 1.53. The maximum atomic E-state index is 11.9. The number of aromatic amines is 1. The van der Waals surface area contributed by atoms with E-state index in [1.54, 1.807) is 30.3 Å². The van der Waals surface area contributed by atoms with Crippen molar-refractivity contribution in [2.45, 2.75) is 17.7 Å². The van der Waals surface area contributed by atoms with Crippen LogP contribution in [0.5, 0.6) is 0 Å². The Morgan fingerprint density at radius 2 is 1.66 bits per heavy atom. The van der Waals surface area contributed by atoms with Crippen LogP contribution >= 0.6 is 0 Å². The van der Waals surface area contributed by atoms with Gasteiger partial charge in [-0.25, -0.2) is 27.0 Å². The molecule has 0 aliphatic heterocycles. The number of anilines is 1. The van der Waals surface area contributed by atoms with Crippen molar-refractivity contribution in [3.63, 3.8) is 0 Å². The molecule has 4 aromatic rings. The second-order valence-corrected chi connectivity index (χ2v) is 10.8. The standard InChI is InChI=1S/C22H22N4O4S2/c1-31(27,28)26-17-10-6-15(7-11-17)8-13-22-24-19-12-9-16(14-20(19)25-22)18-4-2-3-5-21(18)32(23,29)30/h2-7,9-12,14,26H,8,13H2,1H3,(H,24,25)(H2,23,29,30). The fourth-order valence-corrected chi connectivity index (χ4v) is 4.84. The molecule has 166 valence electrons. The number of nitrogens with two attached hydrogens (primary N) is 1. The lowest BCUT2D eigenvalue weighted by molar-refractivity contribution is 0.597. The first kappa shape index (κ1) is 22.0. The van der Waals surface area contributed by atoms with Crippen LogP contribution in [0.2, 0.25) is 0 Å². The highest BCUT2D eigenvalue weighted by molar-refractivity contribution is 7.92. The number of benzene rings is 3. The predicted molar refractivity (Wildman–Crippen MR) is 125 cm³/mol. The van der Waals surface area contributed by atoms with Crippen LogP contribution in [0.4, 0.5) is 5.69 Å². The highest BCUT2D eigenvalue weighted by Crippen LogP contribution is 2.29. The summed E-state index contributed by atoms with van der Waals surface area (Å²) >= 11 is 0. The average molecular weight is 471 g/mol. The van der Waals surface area contributed by atoms with Gasteiger partial charge in [-0.1, -0.05) is 36.4 Å². The number of H-pyrrole nitrogens is 1. The zero-order valence-electron chi connectivity index (χ0n) is 17.2. The number of aryl methyl sites for hydroxylation is 2. The van der Waals surface area contributed by atoms with Gasteiger partial charge in [0.1, 0.15) is 5.82 Å². The molecule has 0 bridgehead atoms. The topological polar surface area (TPSA) is 135 Å². The van der Waals surface area contributed by atoms with Gasteiger partial charge >= 0.3 is 0 Å². The Hall–Kier alpha value is -3.21. The molecule has 0 unspecified atom stereocenters. The molecule has 4 rings (SSSR count). The molecule has 10 heteroatoms. The lowest BCUT2D eigenvalue weighted by Crippen LogP contribution is -2.13. The first-order chi connectivity index (χ1) is 15.1. The van der Waals surface area contributed by atoms with Gasteiger partial charge in [0.25, 0.3) is 0 Å². The molecule has 1 heterocycles. The van der Waals surface area contributed by atoms with Gasteiger partial charge in [-0.15, -0.1) is 0 Å². The molecular formula is C22H22N4O4S2. The van der Waals surface area contributed by atoms with Gasteiger partial charge in [0, 0.05) is 17.7 Å². The Morgan fingerprint density at radius 1 is 0.938 bits per heavy atom. The second-order valence-electron chi connectivity index (χ2n) is 7.53. The third kappa shape index (κ3) is 5.16. The Labute approximate surface area is 186 Å². The Kier molecular flexibility index (Phi) is 5.76. The molecule has 0 spiro atoms. The van der Waals surface area contributed by atoms with Crippen molar-refractivity contribution in [3.8, 4) is 11.1 Å². The van der Waals surface area contributed by atoms with Crippen LogP contribution in [-0.4, -0.2) is 33.1 Å². The Morgan fingerprint density at radius 3 is 2.34 bits per heavy atom. The number of nitrogens with zero attached hydrogens (tertiary/aromatic N) is 1. The summed E-state index contributed by atoms with van der Waals surface area (Å²) in [6.07, 6.45) is 2.50. The quantitative estimate of drug-likeness (QED) is 0.381. The van der Waals surface area contributed by atoms with Crippen molar-refractivity contribution in [1.29, 1.82) is 0 Å². The third-order valence-electron chi connectivity index (χ3n) is 4.94. The summed E-state index contributed by atoms with van der Waals surface area (Å²) in [6, 6.07) is 19.3. The molecule has 1 aromatic heterocycles. The molecule has 0 aliphatic rings. The number of rotatable bonds is 7. The number of hydrogen-bond donors (Lipinski definition) is 3. The smallest absolute Gasteiger partial charge is 0.238 e. The maximum Gasteiger partial charge on any atom is 0.238 e. The summed E-state index contributed by atoms with van der Waals surface area (Å²) in [5.41, 5.74) is 4.40. The van der Waals surface area contributed by atoms with Gasteiger partial charge in [-0.3, -0.25) is 4.72 Å². The van der Waals surface area contributed by atoms with Crippen LogP contribution in [0.3, 0.4) is 0 Å². The minimum absolute atomic E-state index is 0.0731. The summed E-state index contributed by atoms with van der Waals surface area (Å²) in [6.45, 7) is 0. The van der Waals surface area contributed by atoms with Crippen molar-refractivity contribution < 1.29 is 16.8 Å². The van der Waals surface area contributed by atoms with E-state index in [2.05, 4.69) is 14.7 Å². The van der Waals surface area contributed by atoms with E-state index in [9.17, 15) is 16.8 Å². The molecule has 8 nitrogen and oxygen atoms in total. The molecule has 32 heavy (non-hydrogen) atoms. The number of fused-ring (bicyclic) bond motifs is 1. The molecule has 0 atom stereocenters. The normalized spacial score (nSPS) is 12.2. The van der Waals surface area contributed by atoms with Crippen molar-refractivity contribution in [2.75, 3.05) is 11.0 Å². The van der Waals surface area contributed by atoms with Gasteiger partial charge in [0.2, 0.25) is 20.0 Å². The minimum Gasteiger partial charge on any atom is -0.342 e. The SMILES string of the molecule is CS(=O)(=O)Nc1ccc(CCc2nc3cc(-c4ccccc4S(N)(=O)=O)ccc3[nH]2)cc1. The molecule has 3 aromatic carbocycles. The largest absolute Gasteiger partial charge is 0.342 e. The fourth-order valence-electron chi connectivity index (χ4n) is 3.51. The molecular weight excluding hydrogens is 448 g/mol. The lowest BCUT2D eigenvalue weighted by atomic mass is 10.1. The predicted octanol–water partition coefficient (Wildman–Crippen LogP) is 3.03. The fraction of sp³-hybridized carbons (Fsp3) is 0.136. The highest BCUT2D eigenvalue weighted by atomic mass is 32.2. The highest BCUT2D eigenvalue weighted by Gasteiger charge is 2.15. The van der Waals surface area contributed by atoms with Crippen LogP contribution in [0.1, 0.15) is 11.4 Å². The van der Waals surface area contributed by atoms with Gasteiger partial charge in [-0.05, 0) is 47.9 Å². The summed E-state index contributed by atoms with van der Waals surface area (Å²) < 4.78 is 48.9. The number of aromatic nitrogens is 2. The van der Waals surface area contributed by atoms with Crippen LogP contribution in [-0.2, 0) is 32.9 Å². The molecule has 0 radical (unpaired) electrons. The van der Waals surface area contributed by atoms with E-state index in [0.29, 0.717) is 23.2 Å². The zero-order valence-corrected chi connectivity index (χ0v) is 18.9. The minimum atomic E-state index is -3.85. The molecule has 0 saturated heterocycles. The lowest BCUT2D eigenvalue weighted by Gasteiger charge is -2.07. The first-order valence-electron chi connectivity index (χ1n) is 9.76. The molecule has 0 fully saturated rings. The number of sulfonamides is 2. The van der Waals surface area contributed by atoms with Crippen LogP contribution in [0, 0.1) is 0 Å². The summed E-state index contributed by atoms with van der Waals surface area (Å²) in [7, 11) is -7.15. The van der Waals surface area contributed by atoms with E-state index >= 15 is 0 Å². The number of nitrogens with one attached hydrogen (secondary N) is 2. The average Bonchev–Trinajstić information content (AvgIpc) is 3.14. The number of imidazole rings is 1. The third-order valence-corrected chi connectivity index (χ3v) is 6.52. The molecule has 0 aliphatic carbocycles. The zero-order chi connectivity index (χ0) is 22.9. The van der Waals surface area contributed by atoms with E-state index in [-0.39, 0.29) is 4.90 Å². The summed E-state index contributed by atoms with van der Waals surface area (Å²) in [5.74, 6) is 0.801. The maximum absolute atomic E-state index is 11.9. The van der Waals surface area contributed by atoms with E-state index in [4.69, 9.17) is 5.14 Å². The van der Waals surface area contributed by atoms with Crippen molar-refractivity contribution in [1.82, 2.24) is 9.97 Å². The van der Waals surface area contributed by atoms with Crippen LogP contribution in [0.15, 0.2) is 71.6 Å². The monoisotopic (exact) mass is 470 g/mol.